The van der Waals surface area contributed by atoms with Gasteiger partial charge in [0.15, 0.2) is 5.82 Å². The van der Waals surface area contributed by atoms with Gasteiger partial charge in [0, 0.05) is 23.5 Å². The number of hydrogen-bond donors (Lipinski definition) is 1. The summed E-state index contributed by atoms with van der Waals surface area (Å²) in [5.74, 6) is 1.95. The number of aryl methyl sites for hydroxylation is 1. The Morgan fingerprint density at radius 2 is 1.57 bits per heavy atom. The van der Waals surface area contributed by atoms with Gasteiger partial charge in [-0.25, -0.2) is 13.1 Å². The number of nitrogens with zero attached hydrogens (tertiary/aromatic N) is 4. The van der Waals surface area contributed by atoms with Gasteiger partial charge in [0.2, 0.25) is 5.88 Å². The van der Waals surface area contributed by atoms with Crippen LogP contribution < -0.4 is 18.9 Å². The fourth-order valence-corrected chi connectivity index (χ4v) is 4.58. The number of nitrogens with one attached hydrogen (secondary N) is 1. The Bertz CT molecular complexity index is 1450. The van der Waals surface area contributed by atoms with E-state index in [1.54, 1.807) is 47.1 Å². The summed E-state index contributed by atoms with van der Waals surface area (Å²) >= 11 is 0. The molecule has 0 atom stereocenters. The molecule has 2 aromatic carbocycles. The van der Waals surface area contributed by atoms with Crippen molar-refractivity contribution in [2.75, 3.05) is 18.9 Å². The van der Waals surface area contributed by atoms with Gasteiger partial charge in [0.25, 0.3) is 10.0 Å². The Kier molecular flexibility index (Phi) is 6.61. The largest absolute Gasteiger partial charge is 0.497 e. The number of benzene rings is 2. The smallest absolute Gasteiger partial charge is 0.265 e. The Morgan fingerprint density at radius 1 is 0.857 bits per heavy atom. The molecule has 35 heavy (non-hydrogen) atoms. The number of hydrogen-bond acceptors (Lipinski definition) is 8. The number of sulfonamides is 1. The minimum atomic E-state index is -3.92. The van der Waals surface area contributed by atoms with Crippen LogP contribution >= 0.6 is 0 Å². The first-order valence-electron chi connectivity index (χ1n) is 10.6. The number of ether oxygens (including phenoxy) is 3. The lowest BCUT2D eigenvalue weighted by molar-refractivity contribution is 0.392. The summed E-state index contributed by atoms with van der Waals surface area (Å²) in [6.07, 6.45) is 0. The summed E-state index contributed by atoms with van der Waals surface area (Å²) < 4.78 is 46.2. The molecule has 1 N–H and O–H groups in total. The van der Waals surface area contributed by atoms with Crippen molar-refractivity contribution in [2.45, 2.75) is 25.7 Å². The molecule has 4 rings (SSSR count). The van der Waals surface area contributed by atoms with Crippen molar-refractivity contribution in [1.82, 2.24) is 20.0 Å². The van der Waals surface area contributed by atoms with Crippen LogP contribution in [0.5, 0.6) is 23.1 Å². The maximum absolute atomic E-state index is 12.9. The highest BCUT2D eigenvalue weighted by molar-refractivity contribution is 7.92. The molecule has 10 nitrogen and oxygen atoms in total. The summed E-state index contributed by atoms with van der Waals surface area (Å²) in [7, 11) is -1.06. The highest BCUT2D eigenvalue weighted by Gasteiger charge is 2.21. The fraction of sp³-hybridized carbons (Fsp3) is 0.208. The molecule has 0 aliphatic rings. The number of aromatic nitrogens is 4. The first-order chi connectivity index (χ1) is 16.7. The van der Waals surface area contributed by atoms with E-state index < -0.39 is 10.0 Å². The predicted molar refractivity (Wildman–Crippen MR) is 130 cm³/mol. The van der Waals surface area contributed by atoms with Gasteiger partial charge in [-0.15, -0.1) is 10.2 Å². The molecule has 0 fully saturated rings. The van der Waals surface area contributed by atoms with Gasteiger partial charge in [0.1, 0.15) is 22.1 Å². The average Bonchev–Trinajstić information content (AvgIpc) is 3.12. The van der Waals surface area contributed by atoms with Gasteiger partial charge in [-0.1, -0.05) is 0 Å². The van der Waals surface area contributed by atoms with Crippen LogP contribution in [-0.4, -0.2) is 42.6 Å². The van der Waals surface area contributed by atoms with Crippen LogP contribution in [0.2, 0.25) is 0 Å². The summed E-state index contributed by atoms with van der Waals surface area (Å²) in [5, 5.41) is 12.8. The second-order valence-electron chi connectivity index (χ2n) is 7.69. The molecule has 0 saturated heterocycles. The Morgan fingerprint density at radius 3 is 2.14 bits per heavy atom. The molecule has 0 spiro atoms. The van der Waals surface area contributed by atoms with Gasteiger partial charge >= 0.3 is 0 Å². The van der Waals surface area contributed by atoms with Gasteiger partial charge < -0.3 is 14.2 Å². The van der Waals surface area contributed by atoms with Crippen LogP contribution in [-0.2, 0) is 10.0 Å². The first kappa shape index (κ1) is 24.0. The van der Waals surface area contributed by atoms with Gasteiger partial charge in [-0.05, 0) is 68.8 Å². The molecule has 0 bridgehead atoms. The lowest BCUT2D eigenvalue weighted by Crippen LogP contribution is -2.14. The van der Waals surface area contributed by atoms with Crippen LogP contribution in [0.25, 0.3) is 5.82 Å². The molecule has 2 aromatic heterocycles. The van der Waals surface area contributed by atoms with E-state index in [0.717, 1.165) is 17.0 Å². The lowest BCUT2D eigenvalue weighted by atomic mass is 10.2. The zero-order valence-corrected chi connectivity index (χ0v) is 20.8. The van der Waals surface area contributed by atoms with Crippen molar-refractivity contribution >= 4 is 15.7 Å². The SMILES string of the molecule is COc1ccc(OC)c(S(=O)(=O)Nc2ccc(Oc3ccc(-n4nc(C)c(C)c4C)nn3)cc2)c1. The molecule has 4 aromatic rings. The third-order valence-electron chi connectivity index (χ3n) is 5.49. The standard InChI is InChI=1S/C24H25N5O5S/c1-15-16(2)27-29(17(15)3)23-12-13-24(26-25-23)34-19-8-6-18(7-9-19)28-35(30,31)22-14-20(32-4)10-11-21(22)33-5/h6-14,28H,1-5H3. The molecule has 0 radical (unpaired) electrons. The van der Waals surface area contributed by atoms with Crippen LogP contribution in [0.4, 0.5) is 5.69 Å². The number of methoxy groups -OCH3 is 2. The topological polar surface area (TPSA) is 117 Å². The Hall–Kier alpha value is -4.12. The molecule has 182 valence electrons. The van der Waals surface area contributed by atoms with Gasteiger partial charge in [-0.2, -0.15) is 5.10 Å². The monoisotopic (exact) mass is 495 g/mol. The van der Waals surface area contributed by atoms with Crippen LogP contribution in [0.1, 0.15) is 17.0 Å². The van der Waals surface area contributed by atoms with Crippen molar-refractivity contribution in [2.24, 2.45) is 0 Å². The van der Waals surface area contributed by atoms with E-state index in [2.05, 4.69) is 20.0 Å². The van der Waals surface area contributed by atoms with Crippen molar-refractivity contribution < 1.29 is 22.6 Å². The van der Waals surface area contributed by atoms with Gasteiger partial charge in [0.05, 0.1) is 19.9 Å². The van der Waals surface area contributed by atoms with E-state index in [0.29, 0.717) is 28.9 Å². The molecule has 2 heterocycles. The summed E-state index contributed by atoms with van der Waals surface area (Å²) in [6.45, 7) is 5.93. The third kappa shape index (κ3) is 5.04. The Balaban J connectivity index is 1.47. The second kappa shape index (κ2) is 9.63. The summed E-state index contributed by atoms with van der Waals surface area (Å²) in [5.41, 5.74) is 3.39. The minimum absolute atomic E-state index is 0.0344. The van der Waals surface area contributed by atoms with Crippen LogP contribution in [0.15, 0.2) is 59.5 Å². The molecular weight excluding hydrogens is 470 g/mol. The molecule has 11 heteroatoms. The van der Waals surface area contributed by atoms with E-state index in [4.69, 9.17) is 14.2 Å². The second-order valence-corrected chi connectivity index (χ2v) is 9.34. The zero-order valence-electron chi connectivity index (χ0n) is 19.9. The maximum atomic E-state index is 12.9. The summed E-state index contributed by atoms with van der Waals surface area (Å²) in [6, 6.07) is 14.4. The summed E-state index contributed by atoms with van der Waals surface area (Å²) in [4.78, 5) is -0.0344. The van der Waals surface area contributed by atoms with Crippen molar-refractivity contribution in [3.05, 3.63) is 71.5 Å². The Labute approximate surface area is 203 Å². The van der Waals surface area contributed by atoms with Gasteiger partial charge in [-0.3, -0.25) is 4.72 Å². The highest BCUT2D eigenvalue weighted by Crippen LogP contribution is 2.30. The van der Waals surface area contributed by atoms with E-state index >= 15 is 0 Å². The van der Waals surface area contributed by atoms with Crippen LogP contribution in [0, 0.1) is 20.8 Å². The maximum Gasteiger partial charge on any atom is 0.265 e. The van der Waals surface area contributed by atoms with E-state index in [1.807, 2.05) is 20.8 Å². The number of anilines is 1. The molecule has 0 unspecified atom stereocenters. The third-order valence-corrected chi connectivity index (χ3v) is 6.89. The zero-order chi connectivity index (χ0) is 25.2. The quantitative estimate of drug-likeness (QED) is 0.387. The van der Waals surface area contributed by atoms with E-state index in [9.17, 15) is 8.42 Å². The molecule has 0 saturated carbocycles. The fourth-order valence-electron chi connectivity index (χ4n) is 3.34. The van der Waals surface area contributed by atoms with E-state index in [1.165, 1.54) is 26.4 Å². The van der Waals surface area contributed by atoms with Crippen molar-refractivity contribution in [1.29, 1.82) is 0 Å². The highest BCUT2D eigenvalue weighted by atomic mass is 32.2. The van der Waals surface area contributed by atoms with E-state index in [-0.39, 0.29) is 10.6 Å². The average molecular weight is 496 g/mol. The predicted octanol–water partition coefficient (Wildman–Crippen LogP) is 4.20. The minimum Gasteiger partial charge on any atom is -0.497 e. The van der Waals surface area contributed by atoms with Crippen LogP contribution in [0.3, 0.4) is 0 Å². The lowest BCUT2D eigenvalue weighted by Gasteiger charge is -2.13. The molecule has 0 aliphatic heterocycles. The van der Waals surface area contributed by atoms with Crippen molar-refractivity contribution in [3.63, 3.8) is 0 Å². The number of rotatable bonds is 8. The molecule has 0 amide bonds. The molecule has 0 aliphatic carbocycles. The molecular formula is C24H25N5O5S. The normalized spacial score (nSPS) is 11.2. The first-order valence-corrected chi connectivity index (χ1v) is 12.1. The van der Waals surface area contributed by atoms with Crippen molar-refractivity contribution in [3.8, 4) is 28.9 Å².